The van der Waals surface area contributed by atoms with E-state index in [4.69, 9.17) is 4.74 Å². The molecule has 3 nitrogen and oxygen atoms in total. The summed E-state index contributed by atoms with van der Waals surface area (Å²) in [5.41, 5.74) is 2.42. The van der Waals surface area contributed by atoms with Crippen molar-refractivity contribution in [2.45, 2.75) is 51.6 Å². The van der Waals surface area contributed by atoms with E-state index in [1.807, 2.05) is 13.0 Å². The monoisotopic (exact) mass is 261 g/mol. The van der Waals surface area contributed by atoms with Crippen LogP contribution in [-0.2, 0) is 9.53 Å². The van der Waals surface area contributed by atoms with Crippen LogP contribution in [-0.4, -0.2) is 24.7 Å². The first-order valence-electron chi connectivity index (χ1n) is 6.84. The number of anilines is 1. The van der Waals surface area contributed by atoms with Crippen LogP contribution in [0.3, 0.4) is 0 Å². The second-order valence-corrected chi connectivity index (χ2v) is 6.05. The number of ether oxygens (including phenoxy) is 1. The molecular weight excluding hydrogens is 238 g/mol. The van der Waals surface area contributed by atoms with Gasteiger partial charge >= 0.3 is 5.97 Å². The highest BCUT2D eigenvalue weighted by Crippen LogP contribution is 2.44. The van der Waals surface area contributed by atoms with Crippen LogP contribution in [0.2, 0.25) is 0 Å². The molecule has 1 aliphatic heterocycles. The molecule has 0 aromatic heterocycles. The number of fused-ring (bicyclic) bond motifs is 1. The average Bonchev–Trinajstić information content (AvgIpc) is 2.36. The van der Waals surface area contributed by atoms with Gasteiger partial charge in [0.05, 0.1) is 7.11 Å². The second kappa shape index (κ2) is 4.87. The summed E-state index contributed by atoms with van der Waals surface area (Å²) in [5, 5.41) is 0. The van der Waals surface area contributed by atoms with E-state index in [-0.39, 0.29) is 17.6 Å². The minimum atomic E-state index is -0.270. The van der Waals surface area contributed by atoms with Crippen LogP contribution in [0, 0.1) is 0 Å². The summed E-state index contributed by atoms with van der Waals surface area (Å²) in [7, 11) is 1.45. The van der Waals surface area contributed by atoms with Crippen LogP contribution in [0.1, 0.15) is 45.6 Å². The Bertz CT molecular complexity index is 481. The molecule has 104 valence electrons. The summed E-state index contributed by atoms with van der Waals surface area (Å²) in [6, 6.07) is 8.09. The van der Waals surface area contributed by atoms with Gasteiger partial charge in [-0.2, -0.15) is 0 Å². The minimum absolute atomic E-state index is 0.0542. The largest absolute Gasteiger partial charge is 0.467 e. The molecule has 0 fully saturated rings. The van der Waals surface area contributed by atoms with Gasteiger partial charge in [-0.25, -0.2) is 4.79 Å². The maximum atomic E-state index is 11.9. The summed E-state index contributed by atoms with van der Waals surface area (Å²) < 4.78 is 4.92. The quantitative estimate of drug-likeness (QED) is 0.765. The zero-order valence-electron chi connectivity index (χ0n) is 12.4. The zero-order valence-corrected chi connectivity index (χ0v) is 12.4. The first-order valence-corrected chi connectivity index (χ1v) is 6.84. The van der Waals surface area contributed by atoms with Crippen molar-refractivity contribution in [3.05, 3.63) is 29.8 Å². The maximum absolute atomic E-state index is 11.9. The van der Waals surface area contributed by atoms with Gasteiger partial charge in [0.1, 0.15) is 6.04 Å². The first kappa shape index (κ1) is 13.9. The van der Waals surface area contributed by atoms with Crippen LogP contribution >= 0.6 is 0 Å². The minimum Gasteiger partial charge on any atom is -0.467 e. The van der Waals surface area contributed by atoms with E-state index in [0.29, 0.717) is 5.92 Å². The Morgan fingerprint density at radius 3 is 2.68 bits per heavy atom. The molecule has 1 aromatic rings. The molecule has 1 heterocycles. The third kappa shape index (κ3) is 2.34. The Hall–Kier alpha value is -1.51. The van der Waals surface area contributed by atoms with Crippen LogP contribution < -0.4 is 4.90 Å². The number of para-hydroxylation sites is 1. The van der Waals surface area contributed by atoms with E-state index >= 15 is 0 Å². The summed E-state index contributed by atoms with van der Waals surface area (Å²) in [6.45, 7) is 8.55. The number of carbonyl (C=O) groups is 1. The van der Waals surface area contributed by atoms with Crippen molar-refractivity contribution in [2.75, 3.05) is 12.0 Å². The van der Waals surface area contributed by atoms with Crippen molar-refractivity contribution >= 4 is 11.7 Å². The van der Waals surface area contributed by atoms with E-state index in [1.165, 1.54) is 12.7 Å². The van der Waals surface area contributed by atoms with Crippen molar-refractivity contribution in [1.82, 2.24) is 0 Å². The molecule has 19 heavy (non-hydrogen) atoms. The van der Waals surface area contributed by atoms with Crippen LogP contribution in [0.25, 0.3) is 0 Å². The van der Waals surface area contributed by atoms with Gasteiger partial charge < -0.3 is 9.64 Å². The Balaban J connectivity index is 2.50. The van der Waals surface area contributed by atoms with Crippen molar-refractivity contribution in [3.8, 4) is 0 Å². The number of methoxy groups -OCH3 is 1. The Labute approximate surface area is 115 Å². The third-order valence-electron chi connectivity index (χ3n) is 4.11. The van der Waals surface area contributed by atoms with Gasteiger partial charge in [0.2, 0.25) is 0 Å². The first-order chi connectivity index (χ1) is 8.88. The standard InChI is InChI=1S/C16H23NO2/c1-11-10-16(3,4)17(12(2)15(18)19-5)14-9-7-6-8-13(11)14/h6-9,11-12H,10H2,1-5H3/t11-,12-/m0/s1. The normalized spacial score (nSPS) is 22.6. The average molecular weight is 261 g/mol. The molecule has 1 aliphatic rings. The lowest BCUT2D eigenvalue weighted by Crippen LogP contribution is -2.55. The fourth-order valence-electron chi connectivity index (χ4n) is 3.42. The van der Waals surface area contributed by atoms with Crippen LogP contribution in [0.4, 0.5) is 5.69 Å². The number of nitrogens with zero attached hydrogens (tertiary/aromatic N) is 1. The number of esters is 1. The Morgan fingerprint density at radius 2 is 2.05 bits per heavy atom. The summed E-state index contributed by atoms with van der Waals surface area (Å²) in [6.07, 6.45) is 1.03. The number of carbonyl (C=O) groups excluding carboxylic acids is 1. The van der Waals surface area contributed by atoms with Gasteiger partial charge in [0, 0.05) is 11.2 Å². The number of hydrogen-bond donors (Lipinski definition) is 0. The number of benzene rings is 1. The van der Waals surface area contributed by atoms with E-state index in [0.717, 1.165) is 12.1 Å². The fourth-order valence-corrected chi connectivity index (χ4v) is 3.42. The number of hydrogen-bond acceptors (Lipinski definition) is 3. The lowest BCUT2D eigenvalue weighted by molar-refractivity contribution is -0.142. The molecule has 0 N–H and O–H groups in total. The molecule has 2 atom stereocenters. The lowest BCUT2D eigenvalue weighted by atomic mass is 9.79. The van der Waals surface area contributed by atoms with Crippen molar-refractivity contribution < 1.29 is 9.53 Å². The molecular formula is C16H23NO2. The molecule has 0 unspecified atom stereocenters. The van der Waals surface area contributed by atoms with E-state index < -0.39 is 0 Å². The summed E-state index contributed by atoms with van der Waals surface area (Å²) in [4.78, 5) is 14.1. The highest BCUT2D eigenvalue weighted by atomic mass is 16.5. The SMILES string of the molecule is COC(=O)[C@H](C)N1c2ccccc2[C@@H](C)CC1(C)C. The topological polar surface area (TPSA) is 29.5 Å². The van der Waals surface area contributed by atoms with Crippen molar-refractivity contribution in [1.29, 1.82) is 0 Å². The molecule has 0 amide bonds. The van der Waals surface area contributed by atoms with Crippen LogP contribution in [0.15, 0.2) is 24.3 Å². The molecule has 3 heteroatoms. The molecule has 0 radical (unpaired) electrons. The van der Waals surface area contributed by atoms with E-state index in [1.54, 1.807) is 0 Å². The van der Waals surface area contributed by atoms with Crippen LogP contribution in [0.5, 0.6) is 0 Å². The zero-order chi connectivity index (χ0) is 14.2. The molecule has 0 saturated heterocycles. The van der Waals surface area contributed by atoms with E-state index in [2.05, 4.69) is 43.9 Å². The Morgan fingerprint density at radius 1 is 1.42 bits per heavy atom. The second-order valence-electron chi connectivity index (χ2n) is 6.05. The highest BCUT2D eigenvalue weighted by molar-refractivity contribution is 5.81. The maximum Gasteiger partial charge on any atom is 0.328 e. The molecule has 2 rings (SSSR count). The summed E-state index contributed by atoms with van der Waals surface area (Å²) in [5.74, 6) is 0.324. The fraction of sp³-hybridized carbons (Fsp3) is 0.562. The van der Waals surface area contributed by atoms with Gasteiger partial charge in [-0.15, -0.1) is 0 Å². The third-order valence-corrected chi connectivity index (χ3v) is 4.11. The van der Waals surface area contributed by atoms with Crippen molar-refractivity contribution in [2.24, 2.45) is 0 Å². The van der Waals surface area contributed by atoms with Crippen molar-refractivity contribution in [3.63, 3.8) is 0 Å². The molecule has 0 aliphatic carbocycles. The predicted molar refractivity (Wildman–Crippen MR) is 77.5 cm³/mol. The molecule has 0 bridgehead atoms. The molecule has 0 spiro atoms. The van der Waals surface area contributed by atoms with E-state index in [9.17, 15) is 4.79 Å². The van der Waals surface area contributed by atoms with Gasteiger partial charge in [-0.3, -0.25) is 0 Å². The van der Waals surface area contributed by atoms with Gasteiger partial charge in [0.25, 0.3) is 0 Å². The van der Waals surface area contributed by atoms with Gasteiger partial charge in [-0.05, 0) is 44.7 Å². The van der Waals surface area contributed by atoms with Gasteiger partial charge in [0.15, 0.2) is 0 Å². The van der Waals surface area contributed by atoms with Gasteiger partial charge in [-0.1, -0.05) is 25.1 Å². The predicted octanol–water partition coefficient (Wildman–Crippen LogP) is 3.34. The summed E-state index contributed by atoms with van der Waals surface area (Å²) >= 11 is 0. The number of rotatable bonds is 2. The highest BCUT2D eigenvalue weighted by Gasteiger charge is 2.40. The Kier molecular flexibility index (Phi) is 3.57. The molecule has 0 saturated carbocycles. The lowest BCUT2D eigenvalue weighted by Gasteiger charge is -2.49. The molecule has 1 aromatic carbocycles. The smallest absolute Gasteiger partial charge is 0.328 e.